The number of carboxylic acid groups (broad SMARTS) is 1. The summed E-state index contributed by atoms with van der Waals surface area (Å²) in [5.74, 6) is 0.402. The molecule has 122 valence electrons. The molecule has 0 saturated carbocycles. The first-order valence-corrected chi connectivity index (χ1v) is 8.16. The van der Waals surface area contributed by atoms with Gasteiger partial charge >= 0.3 is 12.0 Å². The van der Waals surface area contributed by atoms with Gasteiger partial charge in [-0.25, -0.2) is 4.79 Å². The number of carbonyl (C=O) groups is 2. The van der Waals surface area contributed by atoms with E-state index in [2.05, 4.69) is 26.1 Å². The summed E-state index contributed by atoms with van der Waals surface area (Å²) in [4.78, 5) is 24.9. The average Bonchev–Trinajstić information content (AvgIpc) is 2.43. The lowest BCUT2D eigenvalue weighted by atomic mass is 9.94. The monoisotopic (exact) mass is 298 g/mol. The van der Waals surface area contributed by atoms with E-state index in [1.807, 2.05) is 4.90 Å². The third-order valence-electron chi connectivity index (χ3n) is 4.29. The van der Waals surface area contributed by atoms with E-state index in [1.165, 1.54) is 6.42 Å². The average molecular weight is 298 g/mol. The van der Waals surface area contributed by atoms with Gasteiger partial charge in [0.25, 0.3) is 0 Å². The van der Waals surface area contributed by atoms with E-state index in [1.54, 1.807) is 0 Å². The van der Waals surface area contributed by atoms with Gasteiger partial charge in [0.05, 0.1) is 0 Å². The van der Waals surface area contributed by atoms with E-state index in [0.29, 0.717) is 12.5 Å². The van der Waals surface area contributed by atoms with Crippen molar-refractivity contribution in [1.29, 1.82) is 0 Å². The molecule has 1 atom stereocenters. The van der Waals surface area contributed by atoms with E-state index in [4.69, 9.17) is 5.11 Å². The number of likely N-dealkylation sites (tertiary alicyclic amines) is 1. The van der Waals surface area contributed by atoms with Gasteiger partial charge in [-0.2, -0.15) is 0 Å². The second-order valence-electron chi connectivity index (χ2n) is 6.62. The molecule has 0 aromatic rings. The number of piperidine rings is 1. The maximum Gasteiger partial charge on any atom is 0.317 e. The van der Waals surface area contributed by atoms with Crippen molar-refractivity contribution in [2.24, 2.45) is 17.8 Å². The van der Waals surface area contributed by atoms with Crippen molar-refractivity contribution in [3.05, 3.63) is 0 Å². The van der Waals surface area contributed by atoms with Crippen LogP contribution in [0.15, 0.2) is 0 Å². The quantitative estimate of drug-likeness (QED) is 0.759. The van der Waals surface area contributed by atoms with Gasteiger partial charge in [0.15, 0.2) is 0 Å². The van der Waals surface area contributed by atoms with Crippen molar-refractivity contribution in [1.82, 2.24) is 10.2 Å². The topological polar surface area (TPSA) is 69.6 Å². The number of aliphatic carboxylic acids is 1. The van der Waals surface area contributed by atoms with Gasteiger partial charge in [-0.1, -0.05) is 27.2 Å². The van der Waals surface area contributed by atoms with Crippen LogP contribution in [0.1, 0.15) is 52.9 Å². The van der Waals surface area contributed by atoms with Crippen LogP contribution in [0.3, 0.4) is 0 Å². The van der Waals surface area contributed by atoms with Crippen molar-refractivity contribution in [2.45, 2.75) is 52.9 Å². The fraction of sp³-hybridized carbons (Fsp3) is 0.875. The molecule has 0 unspecified atom stereocenters. The van der Waals surface area contributed by atoms with Gasteiger partial charge in [0, 0.05) is 26.1 Å². The third kappa shape index (κ3) is 6.82. The molecule has 2 N–H and O–H groups in total. The Balaban J connectivity index is 2.37. The van der Waals surface area contributed by atoms with Crippen LogP contribution in [0.2, 0.25) is 0 Å². The molecule has 0 bridgehead atoms. The zero-order chi connectivity index (χ0) is 15.8. The number of nitrogens with one attached hydrogen (secondary N) is 1. The maximum atomic E-state index is 12.1. The summed E-state index contributed by atoms with van der Waals surface area (Å²) in [5, 5.41) is 11.9. The standard InChI is InChI=1S/C16H30N2O3/c1-4-13-5-7-18(8-6-13)16(21)17-11-14(9-12(2)3)10-15(19)20/h12-14H,4-11H2,1-3H3,(H,17,21)(H,19,20)/t14-/m0/s1. The molecule has 1 saturated heterocycles. The van der Waals surface area contributed by atoms with Crippen LogP contribution in [-0.4, -0.2) is 41.6 Å². The Morgan fingerprint density at radius 1 is 1.29 bits per heavy atom. The van der Waals surface area contributed by atoms with E-state index in [0.717, 1.165) is 38.3 Å². The minimum Gasteiger partial charge on any atom is -0.481 e. The van der Waals surface area contributed by atoms with Crippen LogP contribution < -0.4 is 5.32 Å². The predicted octanol–water partition coefficient (Wildman–Crippen LogP) is 2.96. The second kappa shape index (κ2) is 8.90. The number of carbonyl (C=O) groups excluding carboxylic acids is 1. The molecule has 0 aliphatic carbocycles. The summed E-state index contributed by atoms with van der Waals surface area (Å²) in [6.07, 6.45) is 4.29. The molecule has 5 nitrogen and oxygen atoms in total. The first kappa shape index (κ1) is 17.8. The van der Waals surface area contributed by atoms with E-state index in [9.17, 15) is 9.59 Å². The normalized spacial score (nSPS) is 17.8. The van der Waals surface area contributed by atoms with Crippen molar-refractivity contribution in [3.63, 3.8) is 0 Å². The van der Waals surface area contributed by atoms with Gasteiger partial charge < -0.3 is 15.3 Å². The number of nitrogens with zero attached hydrogens (tertiary/aromatic N) is 1. The fourth-order valence-electron chi connectivity index (χ4n) is 3.04. The van der Waals surface area contributed by atoms with Gasteiger partial charge in [-0.15, -0.1) is 0 Å². The molecule has 0 aromatic carbocycles. The van der Waals surface area contributed by atoms with Crippen molar-refractivity contribution >= 4 is 12.0 Å². The lowest BCUT2D eigenvalue weighted by Crippen LogP contribution is -2.45. The van der Waals surface area contributed by atoms with E-state index < -0.39 is 5.97 Å². The van der Waals surface area contributed by atoms with Crippen LogP contribution in [0.25, 0.3) is 0 Å². The Bertz CT molecular complexity index is 336. The lowest BCUT2D eigenvalue weighted by molar-refractivity contribution is -0.138. The molecular formula is C16H30N2O3. The van der Waals surface area contributed by atoms with Crippen molar-refractivity contribution < 1.29 is 14.7 Å². The first-order chi connectivity index (χ1) is 9.92. The summed E-state index contributed by atoms with van der Waals surface area (Å²) < 4.78 is 0. The number of hydrogen-bond donors (Lipinski definition) is 2. The van der Waals surface area contributed by atoms with Crippen molar-refractivity contribution in [3.8, 4) is 0 Å². The smallest absolute Gasteiger partial charge is 0.317 e. The molecule has 0 aromatic heterocycles. The van der Waals surface area contributed by atoms with Gasteiger partial charge in [0.2, 0.25) is 0 Å². The number of rotatable bonds is 7. The Morgan fingerprint density at radius 3 is 2.38 bits per heavy atom. The summed E-state index contributed by atoms with van der Waals surface area (Å²) >= 11 is 0. The maximum absolute atomic E-state index is 12.1. The number of hydrogen-bond acceptors (Lipinski definition) is 2. The highest BCUT2D eigenvalue weighted by Crippen LogP contribution is 2.20. The fourth-order valence-corrected chi connectivity index (χ4v) is 3.04. The van der Waals surface area contributed by atoms with Crippen LogP contribution >= 0.6 is 0 Å². The Labute approximate surface area is 128 Å². The highest BCUT2D eigenvalue weighted by Gasteiger charge is 2.23. The molecule has 1 heterocycles. The molecular weight excluding hydrogens is 268 g/mol. The third-order valence-corrected chi connectivity index (χ3v) is 4.29. The second-order valence-corrected chi connectivity index (χ2v) is 6.62. The highest BCUT2D eigenvalue weighted by molar-refractivity contribution is 5.74. The summed E-state index contributed by atoms with van der Waals surface area (Å²) in [6.45, 7) is 8.44. The lowest BCUT2D eigenvalue weighted by Gasteiger charge is -2.32. The zero-order valence-electron chi connectivity index (χ0n) is 13.6. The Kier molecular flexibility index (Phi) is 7.54. The molecule has 1 aliphatic rings. The highest BCUT2D eigenvalue weighted by atomic mass is 16.4. The molecule has 5 heteroatoms. The van der Waals surface area contributed by atoms with Crippen LogP contribution in [0, 0.1) is 17.8 Å². The molecule has 1 rings (SSSR count). The minimum atomic E-state index is -0.793. The largest absolute Gasteiger partial charge is 0.481 e. The van der Waals surface area contributed by atoms with Gasteiger partial charge in [0.1, 0.15) is 0 Å². The molecule has 0 radical (unpaired) electrons. The molecule has 2 amide bonds. The van der Waals surface area contributed by atoms with E-state index in [-0.39, 0.29) is 18.4 Å². The number of carboxylic acids is 1. The van der Waals surface area contributed by atoms with Crippen molar-refractivity contribution in [2.75, 3.05) is 19.6 Å². The summed E-state index contributed by atoms with van der Waals surface area (Å²) in [5.41, 5.74) is 0. The Hall–Kier alpha value is -1.26. The minimum absolute atomic E-state index is 0.0135. The van der Waals surface area contributed by atoms with Crippen LogP contribution in [0.5, 0.6) is 0 Å². The zero-order valence-corrected chi connectivity index (χ0v) is 13.6. The van der Waals surface area contributed by atoms with Gasteiger partial charge in [-0.3, -0.25) is 4.79 Å². The predicted molar refractivity (Wildman–Crippen MR) is 83.2 cm³/mol. The summed E-state index contributed by atoms with van der Waals surface area (Å²) in [6, 6.07) is -0.0382. The molecule has 0 spiro atoms. The van der Waals surface area contributed by atoms with Crippen LogP contribution in [-0.2, 0) is 4.79 Å². The Morgan fingerprint density at radius 2 is 1.90 bits per heavy atom. The van der Waals surface area contributed by atoms with Gasteiger partial charge in [-0.05, 0) is 37.0 Å². The SMILES string of the molecule is CCC1CCN(C(=O)NC[C@H](CC(=O)O)CC(C)C)CC1. The number of urea groups is 1. The first-order valence-electron chi connectivity index (χ1n) is 8.16. The summed E-state index contributed by atoms with van der Waals surface area (Å²) in [7, 11) is 0. The molecule has 1 aliphatic heterocycles. The van der Waals surface area contributed by atoms with E-state index >= 15 is 0 Å². The van der Waals surface area contributed by atoms with Crippen LogP contribution in [0.4, 0.5) is 4.79 Å². The molecule has 1 fully saturated rings. The number of amides is 2. The molecule has 21 heavy (non-hydrogen) atoms.